The number of carbonyl (C=O) groups excluding carboxylic acids is 3. The molecular weight excluding hydrogens is 399 g/mol. The monoisotopic (exact) mass is 414 g/mol. The zero-order valence-electron chi connectivity index (χ0n) is 15.2. The van der Waals surface area contributed by atoms with Crippen LogP contribution >= 0.6 is 11.6 Å². The molecule has 4 rings (SSSR count). The minimum atomic E-state index is -0.802. The molecule has 0 radical (unpaired) electrons. The van der Waals surface area contributed by atoms with Gasteiger partial charge in [-0.1, -0.05) is 11.6 Å². The smallest absolute Gasteiger partial charge is 0.329 e. The molecule has 0 aromatic heterocycles. The van der Waals surface area contributed by atoms with Crippen molar-refractivity contribution in [3.63, 3.8) is 0 Å². The number of nitrogens with zero attached hydrogens (tertiary/aromatic N) is 2. The molecule has 0 spiro atoms. The van der Waals surface area contributed by atoms with Crippen LogP contribution < -0.4 is 15.5 Å². The first-order valence-corrected chi connectivity index (χ1v) is 9.13. The second-order valence-corrected chi connectivity index (χ2v) is 7.17. The van der Waals surface area contributed by atoms with E-state index in [1.807, 2.05) is 0 Å². The quantitative estimate of drug-likeness (QED) is 0.809. The van der Waals surface area contributed by atoms with Gasteiger partial charge < -0.3 is 15.5 Å². The Morgan fingerprint density at radius 3 is 2.41 bits per heavy atom. The van der Waals surface area contributed by atoms with Gasteiger partial charge in [0.2, 0.25) is 0 Å². The number of imide groups is 1. The molecule has 9 heteroatoms. The third-order valence-electron chi connectivity index (χ3n) is 4.84. The number of amides is 4. The van der Waals surface area contributed by atoms with Crippen LogP contribution in [-0.4, -0.2) is 41.9 Å². The lowest BCUT2D eigenvalue weighted by atomic mass is 9.99. The maximum Gasteiger partial charge on any atom is 0.329 e. The summed E-state index contributed by atoms with van der Waals surface area (Å²) in [6, 6.07) is 9.43. The van der Waals surface area contributed by atoms with E-state index in [4.69, 9.17) is 11.6 Å². The third-order valence-corrected chi connectivity index (χ3v) is 5.09. The van der Waals surface area contributed by atoms with E-state index in [-0.39, 0.29) is 5.57 Å². The van der Waals surface area contributed by atoms with Crippen molar-refractivity contribution < 1.29 is 18.8 Å². The normalized spacial score (nSPS) is 20.9. The van der Waals surface area contributed by atoms with Crippen molar-refractivity contribution in [1.29, 1.82) is 0 Å². The first kappa shape index (κ1) is 18.9. The Bertz CT molecular complexity index is 1020. The van der Waals surface area contributed by atoms with E-state index in [2.05, 4.69) is 10.6 Å². The maximum atomic E-state index is 13.1. The van der Waals surface area contributed by atoms with Crippen molar-refractivity contribution in [3.05, 3.63) is 71.1 Å². The average molecular weight is 415 g/mol. The summed E-state index contributed by atoms with van der Waals surface area (Å²) >= 11 is 5.88. The Hall–Kier alpha value is -3.39. The molecule has 1 fully saturated rings. The molecule has 2 aromatic carbocycles. The van der Waals surface area contributed by atoms with Crippen molar-refractivity contribution in [2.24, 2.45) is 0 Å². The van der Waals surface area contributed by atoms with E-state index in [0.29, 0.717) is 16.4 Å². The Morgan fingerprint density at radius 1 is 1.10 bits per heavy atom. The van der Waals surface area contributed by atoms with E-state index >= 15 is 0 Å². The number of rotatable bonds is 3. The first-order valence-electron chi connectivity index (χ1n) is 8.76. The summed E-state index contributed by atoms with van der Waals surface area (Å²) in [6.45, 7) is 0. The Labute approximate surface area is 170 Å². The molecule has 1 saturated heterocycles. The average Bonchev–Trinajstić information content (AvgIpc) is 3.01. The molecule has 2 aliphatic rings. The number of hydrogen-bond acceptors (Lipinski definition) is 4. The highest BCUT2D eigenvalue weighted by Crippen LogP contribution is 2.30. The summed E-state index contributed by atoms with van der Waals surface area (Å²) < 4.78 is 13.1. The van der Waals surface area contributed by atoms with Crippen LogP contribution in [0.25, 0.3) is 0 Å². The van der Waals surface area contributed by atoms with Crippen LogP contribution in [0.5, 0.6) is 0 Å². The molecule has 4 amide bonds. The zero-order chi connectivity index (χ0) is 20.7. The highest BCUT2D eigenvalue weighted by molar-refractivity contribution is 6.30. The van der Waals surface area contributed by atoms with Crippen LogP contribution in [0.1, 0.15) is 0 Å². The second-order valence-electron chi connectivity index (χ2n) is 6.73. The maximum absolute atomic E-state index is 13.1. The van der Waals surface area contributed by atoms with E-state index in [0.717, 1.165) is 4.90 Å². The second kappa shape index (κ2) is 7.21. The number of anilines is 2. The molecule has 2 heterocycles. The van der Waals surface area contributed by atoms with Gasteiger partial charge in [0.05, 0.1) is 17.3 Å². The topological polar surface area (TPSA) is 81.8 Å². The van der Waals surface area contributed by atoms with Crippen LogP contribution in [0, 0.1) is 5.82 Å². The minimum absolute atomic E-state index is 0.235. The highest BCUT2D eigenvalue weighted by atomic mass is 35.5. The number of hydrogen-bond donors (Lipinski definition) is 2. The molecule has 148 valence electrons. The van der Waals surface area contributed by atoms with Crippen LogP contribution in [0.3, 0.4) is 0 Å². The molecule has 0 saturated carbocycles. The number of nitrogens with one attached hydrogen (secondary N) is 2. The van der Waals surface area contributed by atoms with E-state index in [1.54, 1.807) is 36.2 Å². The summed E-state index contributed by atoms with van der Waals surface area (Å²) in [5, 5.41) is 5.86. The van der Waals surface area contributed by atoms with Crippen LogP contribution in [0.2, 0.25) is 5.02 Å². The van der Waals surface area contributed by atoms with E-state index in [1.165, 1.54) is 30.5 Å². The van der Waals surface area contributed by atoms with Gasteiger partial charge in [0.1, 0.15) is 11.9 Å². The number of fused-ring (bicyclic) bond motifs is 1. The molecule has 2 aromatic rings. The van der Waals surface area contributed by atoms with Gasteiger partial charge >= 0.3 is 6.03 Å². The fourth-order valence-corrected chi connectivity index (χ4v) is 3.59. The zero-order valence-corrected chi connectivity index (χ0v) is 16.0. The van der Waals surface area contributed by atoms with Gasteiger partial charge in [0, 0.05) is 24.0 Å². The largest absolute Gasteiger partial charge is 0.366 e. The molecule has 0 bridgehead atoms. The third kappa shape index (κ3) is 3.42. The van der Waals surface area contributed by atoms with Gasteiger partial charge in [-0.05, 0) is 48.5 Å². The van der Waals surface area contributed by atoms with Gasteiger partial charge in [-0.15, -0.1) is 0 Å². The molecule has 2 aliphatic heterocycles. The SMILES string of the molecule is CN1C=C(C(=O)Nc2ccc(F)cc2)C2NC(=O)N(c3ccc(Cl)cc3)C(=O)C21. The Balaban J connectivity index is 1.56. The van der Waals surface area contributed by atoms with Crippen molar-refractivity contribution in [3.8, 4) is 0 Å². The Kier molecular flexibility index (Phi) is 4.71. The molecular formula is C20H16ClFN4O3. The van der Waals surface area contributed by atoms with Crippen molar-refractivity contribution >= 4 is 40.8 Å². The van der Waals surface area contributed by atoms with E-state index in [9.17, 15) is 18.8 Å². The van der Waals surface area contributed by atoms with Gasteiger partial charge in [0.25, 0.3) is 11.8 Å². The standard InChI is InChI=1S/C20H16ClFN4O3/c1-25-10-15(18(27)23-13-6-4-12(22)5-7-13)16-17(25)19(28)26(20(29)24-16)14-8-2-11(21)3-9-14/h2-10,16-17H,1H3,(H,23,27)(H,24,29). The molecule has 2 N–H and O–H groups in total. The number of urea groups is 1. The molecule has 0 aliphatic carbocycles. The van der Waals surface area contributed by atoms with Crippen LogP contribution in [-0.2, 0) is 9.59 Å². The van der Waals surface area contributed by atoms with Gasteiger partial charge in [-0.2, -0.15) is 0 Å². The minimum Gasteiger partial charge on any atom is -0.366 e. The molecule has 2 atom stereocenters. The van der Waals surface area contributed by atoms with Crippen molar-refractivity contribution in [2.75, 3.05) is 17.3 Å². The summed E-state index contributed by atoms with van der Waals surface area (Å²) in [5.74, 6) is -1.36. The van der Waals surface area contributed by atoms with Crippen molar-refractivity contribution in [2.45, 2.75) is 12.1 Å². The summed E-state index contributed by atoms with van der Waals surface area (Å²) in [7, 11) is 1.66. The number of halogens is 2. The first-order chi connectivity index (χ1) is 13.8. The predicted molar refractivity (Wildman–Crippen MR) is 106 cm³/mol. The van der Waals surface area contributed by atoms with Gasteiger partial charge in [-0.3, -0.25) is 9.59 Å². The lowest BCUT2D eigenvalue weighted by molar-refractivity contribution is -0.122. The highest BCUT2D eigenvalue weighted by Gasteiger charge is 2.49. The van der Waals surface area contributed by atoms with Crippen LogP contribution in [0.4, 0.5) is 20.6 Å². The molecule has 29 heavy (non-hydrogen) atoms. The number of likely N-dealkylation sites (N-methyl/N-ethyl adjacent to an activating group) is 1. The summed E-state index contributed by atoms with van der Waals surface area (Å²) in [4.78, 5) is 41.0. The Morgan fingerprint density at radius 2 is 1.76 bits per heavy atom. The predicted octanol–water partition coefficient (Wildman–Crippen LogP) is 2.74. The number of carbonyl (C=O) groups is 3. The van der Waals surface area contributed by atoms with Crippen molar-refractivity contribution in [1.82, 2.24) is 10.2 Å². The fourth-order valence-electron chi connectivity index (χ4n) is 3.46. The molecule has 7 nitrogen and oxygen atoms in total. The fraction of sp³-hybridized carbons (Fsp3) is 0.150. The molecule has 2 unspecified atom stereocenters. The summed E-state index contributed by atoms with van der Waals surface area (Å²) in [5.41, 5.74) is 1.02. The van der Waals surface area contributed by atoms with Gasteiger partial charge in [-0.25, -0.2) is 14.1 Å². The summed E-state index contributed by atoms with van der Waals surface area (Å²) in [6.07, 6.45) is 1.53. The number of benzene rings is 2. The van der Waals surface area contributed by atoms with E-state index < -0.39 is 35.7 Å². The lowest BCUT2D eigenvalue weighted by Crippen LogP contribution is -2.65. The lowest BCUT2D eigenvalue weighted by Gasteiger charge is -2.37. The van der Waals surface area contributed by atoms with Crippen LogP contribution in [0.15, 0.2) is 60.3 Å². The van der Waals surface area contributed by atoms with Gasteiger partial charge in [0.15, 0.2) is 0 Å².